The molecule has 0 spiro atoms. The van der Waals surface area contributed by atoms with E-state index in [0.717, 1.165) is 27.6 Å². The zero-order valence-electron chi connectivity index (χ0n) is 11.1. The summed E-state index contributed by atoms with van der Waals surface area (Å²) in [4.78, 5) is 5.44. The molecule has 1 aromatic carbocycles. The molecule has 0 aliphatic heterocycles. The fourth-order valence-corrected chi connectivity index (χ4v) is 3.64. The maximum atomic E-state index is 13.1. The number of rotatable bonds is 3. The Balaban J connectivity index is 1.99. The van der Waals surface area contributed by atoms with Gasteiger partial charge in [0, 0.05) is 16.5 Å². The molecule has 2 heterocycles. The molecule has 0 saturated carbocycles. The summed E-state index contributed by atoms with van der Waals surface area (Å²) in [5.41, 5.74) is 1.67. The van der Waals surface area contributed by atoms with Crippen LogP contribution in [0.2, 0.25) is 0 Å². The molecule has 0 bridgehead atoms. The van der Waals surface area contributed by atoms with Crippen LogP contribution in [0.1, 0.15) is 18.9 Å². The minimum absolute atomic E-state index is 0.265. The maximum absolute atomic E-state index is 13.1. The van der Waals surface area contributed by atoms with Gasteiger partial charge in [0.25, 0.3) is 0 Å². The molecule has 20 heavy (non-hydrogen) atoms. The monoisotopic (exact) mass is 353 g/mol. The second-order valence-corrected chi connectivity index (χ2v) is 6.97. The lowest BCUT2D eigenvalue weighted by molar-refractivity contribution is 0.627. The van der Waals surface area contributed by atoms with Gasteiger partial charge in [-0.05, 0) is 40.0 Å². The van der Waals surface area contributed by atoms with Gasteiger partial charge in [0.05, 0.1) is 11.9 Å². The van der Waals surface area contributed by atoms with Crippen molar-refractivity contribution in [3.63, 3.8) is 0 Å². The van der Waals surface area contributed by atoms with E-state index in [1.165, 1.54) is 12.1 Å². The van der Waals surface area contributed by atoms with Crippen LogP contribution in [0.4, 0.5) is 4.39 Å². The van der Waals surface area contributed by atoms with Gasteiger partial charge in [-0.2, -0.15) is 5.10 Å². The molecule has 0 radical (unpaired) electrons. The highest BCUT2D eigenvalue weighted by atomic mass is 79.9. The van der Waals surface area contributed by atoms with E-state index in [1.54, 1.807) is 21.9 Å². The molecule has 0 atom stereocenters. The van der Waals surface area contributed by atoms with Gasteiger partial charge in [0.15, 0.2) is 0 Å². The Morgan fingerprint density at radius 1 is 1.40 bits per heavy atom. The summed E-state index contributed by atoms with van der Waals surface area (Å²) in [6.45, 7) is 4.34. The van der Waals surface area contributed by atoms with Gasteiger partial charge < -0.3 is 0 Å². The Morgan fingerprint density at radius 3 is 2.85 bits per heavy atom. The van der Waals surface area contributed by atoms with Crippen molar-refractivity contribution in [2.75, 3.05) is 0 Å². The van der Waals surface area contributed by atoms with Crippen LogP contribution in [-0.4, -0.2) is 14.6 Å². The predicted octanol–water partition coefficient (Wildman–Crippen LogP) is 4.56. The van der Waals surface area contributed by atoms with E-state index in [0.29, 0.717) is 10.4 Å². The summed E-state index contributed by atoms with van der Waals surface area (Å²) in [5.74, 6) is 0.315. The molecule has 6 heteroatoms. The average molecular weight is 354 g/mol. The Morgan fingerprint density at radius 2 is 2.20 bits per heavy atom. The van der Waals surface area contributed by atoms with Crippen LogP contribution in [0.25, 0.3) is 16.2 Å². The van der Waals surface area contributed by atoms with E-state index in [4.69, 9.17) is 0 Å². The van der Waals surface area contributed by atoms with Crippen molar-refractivity contribution < 1.29 is 4.39 Å². The fraction of sp³-hybridized carbons (Fsp3) is 0.286. The zero-order chi connectivity index (χ0) is 14.3. The smallest absolute Gasteiger partial charge is 0.212 e. The molecule has 3 rings (SSSR count). The first kappa shape index (κ1) is 13.7. The third kappa shape index (κ3) is 2.62. The molecule has 0 amide bonds. The van der Waals surface area contributed by atoms with Gasteiger partial charge >= 0.3 is 0 Å². The SMILES string of the molecule is CC(C)Cc1nn2cc(-c3ccc(F)cc3Br)nc2s1. The highest BCUT2D eigenvalue weighted by Gasteiger charge is 2.12. The molecular weight excluding hydrogens is 341 g/mol. The van der Waals surface area contributed by atoms with Crippen molar-refractivity contribution in [2.24, 2.45) is 5.92 Å². The first-order chi connectivity index (χ1) is 9.52. The Labute approximate surface area is 128 Å². The minimum Gasteiger partial charge on any atom is -0.217 e. The van der Waals surface area contributed by atoms with Gasteiger partial charge in [0.1, 0.15) is 10.8 Å². The summed E-state index contributed by atoms with van der Waals surface area (Å²) in [6.07, 6.45) is 2.84. The van der Waals surface area contributed by atoms with Crippen LogP contribution in [0, 0.1) is 11.7 Å². The normalized spacial score (nSPS) is 11.7. The zero-order valence-corrected chi connectivity index (χ0v) is 13.5. The summed E-state index contributed by atoms with van der Waals surface area (Å²) in [6, 6.07) is 4.60. The third-order valence-corrected chi connectivity index (χ3v) is 4.48. The molecule has 0 saturated heterocycles. The summed E-state index contributed by atoms with van der Waals surface area (Å²) in [7, 11) is 0. The molecule has 0 aliphatic carbocycles. The third-order valence-electron chi connectivity index (χ3n) is 2.87. The second kappa shape index (κ2) is 5.26. The van der Waals surface area contributed by atoms with Crippen molar-refractivity contribution in [1.29, 1.82) is 0 Å². The van der Waals surface area contributed by atoms with E-state index in [-0.39, 0.29) is 5.82 Å². The lowest BCUT2D eigenvalue weighted by Crippen LogP contribution is -1.94. The molecule has 0 N–H and O–H groups in total. The number of fused-ring (bicyclic) bond motifs is 1. The molecule has 104 valence electrons. The number of hydrogen-bond acceptors (Lipinski definition) is 3. The van der Waals surface area contributed by atoms with E-state index in [9.17, 15) is 4.39 Å². The van der Waals surface area contributed by atoms with Crippen LogP contribution in [-0.2, 0) is 6.42 Å². The number of benzene rings is 1. The summed E-state index contributed by atoms with van der Waals surface area (Å²) in [5, 5.41) is 5.62. The van der Waals surface area contributed by atoms with Crippen molar-refractivity contribution in [1.82, 2.24) is 14.6 Å². The van der Waals surface area contributed by atoms with Crippen molar-refractivity contribution in [3.05, 3.63) is 39.7 Å². The van der Waals surface area contributed by atoms with E-state index >= 15 is 0 Å². The Bertz CT molecular complexity index is 731. The molecule has 2 aromatic heterocycles. The van der Waals surface area contributed by atoms with Gasteiger partial charge in [-0.25, -0.2) is 13.9 Å². The van der Waals surface area contributed by atoms with E-state index in [2.05, 4.69) is 39.9 Å². The second-order valence-electron chi connectivity index (χ2n) is 5.07. The number of imidazole rings is 1. The lowest BCUT2D eigenvalue weighted by atomic mass is 10.1. The molecule has 0 unspecified atom stereocenters. The number of aromatic nitrogens is 3. The van der Waals surface area contributed by atoms with Crippen molar-refractivity contribution in [2.45, 2.75) is 20.3 Å². The number of nitrogens with zero attached hydrogens (tertiary/aromatic N) is 3. The van der Waals surface area contributed by atoms with Crippen LogP contribution in [0.15, 0.2) is 28.9 Å². The summed E-state index contributed by atoms with van der Waals surface area (Å²) < 4.78 is 15.6. The van der Waals surface area contributed by atoms with Crippen LogP contribution in [0.5, 0.6) is 0 Å². The number of halogens is 2. The quantitative estimate of drug-likeness (QED) is 0.690. The number of hydrogen-bond donors (Lipinski definition) is 0. The molecule has 0 fully saturated rings. The molecule has 0 aliphatic rings. The maximum Gasteiger partial charge on any atom is 0.212 e. The van der Waals surface area contributed by atoms with Crippen LogP contribution < -0.4 is 0 Å². The highest BCUT2D eigenvalue weighted by molar-refractivity contribution is 9.10. The van der Waals surface area contributed by atoms with E-state index < -0.39 is 0 Å². The van der Waals surface area contributed by atoms with Crippen LogP contribution in [0.3, 0.4) is 0 Å². The molecule has 3 aromatic rings. The molecule has 3 nitrogen and oxygen atoms in total. The predicted molar refractivity (Wildman–Crippen MR) is 82.5 cm³/mol. The van der Waals surface area contributed by atoms with E-state index in [1.807, 2.05) is 6.20 Å². The van der Waals surface area contributed by atoms with Gasteiger partial charge in [-0.15, -0.1) is 0 Å². The topological polar surface area (TPSA) is 30.2 Å². The largest absolute Gasteiger partial charge is 0.217 e. The lowest BCUT2D eigenvalue weighted by Gasteiger charge is -2.00. The first-order valence-corrected chi connectivity index (χ1v) is 7.94. The van der Waals surface area contributed by atoms with Crippen molar-refractivity contribution in [3.8, 4) is 11.3 Å². The Hall–Kier alpha value is -1.27. The molecular formula is C14H13BrFN3S. The minimum atomic E-state index is -0.265. The highest BCUT2D eigenvalue weighted by Crippen LogP contribution is 2.29. The fourth-order valence-electron chi connectivity index (χ4n) is 2.00. The van der Waals surface area contributed by atoms with Crippen molar-refractivity contribution >= 4 is 32.2 Å². The first-order valence-electron chi connectivity index (χ1n) is 6.33. The standard InChI is InChI=1S/C14H13BrFN3S/c1-8(2)5-13-18-19-7-12(17-14(19)20-13)10-4-3-9(16)6-11(10)15/h3-4,6-8H,5H2,1-2H3. The Kier molecular flexibility index (Phi) is 3.60. The average Bonchev–Trinajstić information content (AvgIpc) is 2.85. The van der Waals surface area contributed by atoms with Crippen LogP contribution >= 0.6 is 27.3 Å². The summed E-state index contributed by atoms with van der Waals surface area (Å²) >= 11 is 4.97. The van der Waals surface area contributed by atoms with Gasteiger partial charge in [0.2, 0.25) is 4.96 Å². The van der Waals surface area contributed by atoms with Gasteiger partial charge in [-0.1, -0.05) is 25.2 Å². The van der Waals surface area contributed by atoms with Gasteiger partial charge in [-0.3, -0.25) is 0 Å².